The van der Waals surface area contributed by atoms with Crippen LogP contribution in [0.4, 0.5) is 13.2 Å². The molecular weight excluding hydrogens is 277 g/mol. The molecule has 0 aliphatic carbocycles. The molecule has 1 N–H and O–H groups in total. The number of rotatable bonds is 4. The third kappa shape index (κ3) is 3.42. The second-order valence-corrected chi connectivity index (χ2v) is 4.79. The first-order chi connectivity index (χ1) is 9.95. The number of hydrogen-bond donors (Lipinski definition) is 1. The molecule has 0 aliphatic heterocycles. The fourth-order valence-corrected chi connectivity index (χ4v) is 2.39. The van der Waals surface area contributed by atoms with Gasteiger partial charge in [0.1, 0.15) is 0 Å². The zero-order valence-corrected chi connectivity index (χ0v) is 11.9. The summed E-state index contributed by atoms with van der Waals surface area (Å²) in [5.74, 6) is 0. The summed E-state index contributed by atoms with van der Waals surface area (Å²) in [6.45, 7) is 4.64. The van der Waals surface area contributed by atoms with E-state index in [1.807, 2.05) is 26.0 Å². The SMILES string of the molecule is CCNC(C)c1ccccc1-c1cnccc1C(F)(F)F. The van der Waals surface area contributed by atoms with Crippen molar-refractivity contribution in [1.82, 2.24) is 10.3 Å². The lowest BCUT2D eigenvalue weighted by Gasteiger charge is -2.19. The van der Waals surface area contributed by atoms with E-state index in [1.165, 1.54) is 12.4 Å². The molecule has 2 nitrogen and oxygen atoms in total. The van der Waals surface area contributed by atoms with Gasteiger partial charge in [-0.1, -0.05) is 31.2 Å². The van der Waals surface area contributed by atoms with E-state index in [4.69, 9.17) is 0 Å². The summed E-state index contributed by atoms with van der Waals surface area (Å²) in [6, 6.07) is 8.10. The second-order valence-electron chi connectivity index (χ2n) is 4.79. The minimum absolute atomic E-state index is 0.0347. The molecule has 0 amide bonds. The predicted octanol–water partition coefficient (Wildman–Crippen LogP) is 4.44. The third-order valence-electron chi connectivity index (χ3n) is 3.35. The van der Waals surface area contributed by atoms with Crippen LogP contribution in [0.2, 0.25) is 0 Å². The Bertz CT molecular complexity index is 608. The molecule has 2 rings (SSSR count). The van der Waals surface area contributed by atoms with Gasteiger partial charge in [-0.05, 0) is 30.7 Å². The topological polar surface area (TPSA) is 24.9 Å². The third-order valence-corrected chi connectivity index (χ3v) is 3.35. The fourth-order valence-electron chi connectivity index (χ4n) is 2.39. The molecule has 0 aliphatic rings. The van der Waals surface area contributed by atoms with E-state index in [2.05, 4.69) is 10.3 Å². The van der Waals surface area contributed by atoms with Crippen molar-refractivity contribution in [2.75, 3.05) is 6.54 Å². The van der Waals surface area contributed by atoms with Gasteiger partial charge in [-0.25, -0.2) is 0 Å². The molecule has 1 heterocycles. The lowest BCUT2D eigenvalue weighted by Crippen LogP contribution is -2.18. The normalized spacial score (nSPS) is 13.2. The van der Waals surface area contributed by atoms with E-state index in [-0.39, 0.29) is 11.6 Å². The lowest BCUT2D eigenvalue weighted by atomic mass is 9.93. The molecule has 1 atom stereocenters. The van der Waals surface area contributed by atoms with Gasteiger partial charge < -0.3 is 5.32 Å². The summed E-state index contributed by atoms with van der Waals surface area (Å²) in [5.41, 5.74) is 0.850. The first kappa shape index (κ1) is 15.5. The molecule has 0 spiro atoms. The van der Waals surface area contributed by atoms with Crippen molar-refractivity contribution < 1.29 is 13.2 Å². The number of hydrogen-bond acceptors (Lipinski definition) is 2. The summed E-state index contributed by atoms with van der Waals surface area (Å²) in [5, 5.41) is 3.23. The largest absolute Gasteiger partial charge is 0.417 e. The Balaban J connectivity index is 2.58. The van der Waals surface area contributed by atoms with Crippen molar-refractivity contribution >= 4 is 0 Å². The van der Waals surface area contributed by atoms with Crippen molar-refractivity contribution in [3.8, 4) is 11.1 Å². The molecule has 0 fully saturated rings. The number of nitrogens with one attached hydrogen (secondary N) is 1. The van der Waals surface area contributed by atoms with Gasteiger partial charge in [-0.3, -0.25) is 4.98 Å². The zero-order valence-electron chi connectivity index (χ0n) is 11.9. The Kier molecular flexibility index (Phi) is 4.63. The van der Waals surface area contributed by atoms with Crippen LogP contribution in [0.25, 0.3) is 11.1 Å². The molecule has 5 heteroatoms. The van der Waals surface area contributed by atoms with Crippen LogP contribution in [0, 0.1) is 0 Å². The average Bonchev–Trinajstić information content (AvgIpc) is 2.46. The van der Waals surface area contributed by atoms with Crippen LogP contribution < -0.4 is 5.32 Å². The summed E-state index contributed by atoms with van der Waals surface area (Å²) in [6.07, 6.45) is -1.95. The maximum atomic E-state index is 13.2. The van der Waals surface area contributed by atoms with Crippen molar-refractivity contribution in [1.29, 1.82) is 0 Å². The molecule has 2 aromatic rings. The Labute approximate surface area is 122 Å². The summed E-state index contributed by atoms with van der Waals surface area (Å²) >= 11 is 0. The van der Waals surface area contributed by atoms with E-state index in [0.717, 1.165) is 18.2 Å². The monoisotopic (exact) mass is 294 g/mol. The fraction of sp³-hybridized carbons (Fsp3) is 0.312. The van der Waals surface area contributed by atoms with E-state index in [9.17, 15) is 13.2 Å². The van der Waals surface area contributed by atoms with Crippen LogP contribution in [0.15, 0.2) is 42.7 Å². The molecule has 21 heavy (non-hydrogen) atoms. The van der Waals surface area contributed by atoms with Gasteiger partial charge >= 0.3 is 6.18 Å². The van der Waals surface area contributed by atoms with Gasteiger partial charge in [0.15, 0.2) is 0 Å². The first-order valence-electron chi connectivity index (χ1n) is 6.79. The molecule has 1 aromatic carbocycles. The molecule has 1 aromatic heterocycles. The number of pyridine rings is 1. The van der Waals surface area contributed by atoms with E-state index in [0.29, 0.717) is 5.56 Å². The molecular formula is C16H17F3N2. The number of alkyl halides is 3. The number of nitrogens with zero attached hydrogens (tertiary/aromatic N) is 1. The molecule has 0 saturated carbocycles. The molecule has 0 radical (unpaired) electrons. The smallest absolute Gasteiger partial charge is 0.310 e. The van der Waals surface area contributed by atoms with Crippen molar-refractivity contribution in [2.24, 2.45) is 0 Å². The van der Waals surface area contributed by atoms with Gasteiger partial charge in [0, 0.05) is 24.0 Å². The minimum Gasteiger partial charge on any atom is -0.310 e. The highest BCUT2D eigenvalue weighted by Crippen LogP contribution is 2.38. The van der Waals surface area contributed by atoms with Crippen molar-refractivity contribution in [2.45, 2.75) is 26.1 Å². The summed E-state index contributed by atoms with van der Waals surface area (Å²) in [7, 11) is 0. The van der Waals surface area contributed by atoms with Gasteiger partial charge in [-0.2, -0.15) is 13.2 Å². The van der Waals surface area contributed by atoms with Crippen molar-refractivity contribution in [3.63, 3.8) is 0 Å². The Morgan fingerprint density at radius 1 is 1.14 bits per heavy atom. The standard InChI is InChI=1S/C16H17F3N2/c1-3-21-11(2)12-6-4-5-7-13(12)14-10-20-9-8-15(14)16(17,18)19/h4-11,21H,3H2,1-2H3. The second kappa shape index (κ2) is 6.26. The quantitative estimate of drug-likeness (QED) is 0.902. The highest BCUT2D eigenvalue weighted by atomic mass is 19.4. The maximum Gasteiger partial charge on any atom is 0.417 e. The summed E-state index contributed by atoms with van der Waals surface area (Å²) < 4.78 is 39.5. The highest BCUT2D eigenvalue weighted by molar-refractivity contribution is 5.71. The molecule has 112 valence electrons. The van der Waals surface area contributed by atoms with Gasteiger partial charge in [-0.15, -0.1) is 0 Å². The molecule has 1 unspecified atom stereocenters. The first-order valence-corrected chi connectivity index (χ1v) is 6.79. The Morgan fingerprint density at radius 3 is 2.52 bits per heavy atom. The molecule has 0 bridgehead atoms. The number of benzene rings is 1. The lowest BCUT2D eigenvalue weighted by molar-refractivity contribution is -0.137. The van der Waals surface area contributed by atoms with Crippen LogP contribution in [0.5, 0.6) is 0 Å². The zero-order chi connectivity index (χ0) is 15.5. The summed E-state index contributed by atoms with van der Waals surface area (Å²) in [4.78, 5) is 3.86. The highest BCUT2D eigenvalue weighted by Gasteiger charge is 2.34. The van der Waals surface area contributed by atoms with Crippen LogP contribution in [0.3, 0.4) is 0 Å². The van der Waals surface area contributed by atoms with Gasteiger partial charge in [0.05, 0.1) is 5.56 Å². The van der Waals surface area contributed by atoms with Crippen LogP contribution in [0.1, 0.15) is 31.0 Å². The molecule has 0 saturated heterocycles. The van der Waals surface area contributed by atoms with Gasteiger partial charge in [0.2, 0.25) is 0 Å². The maximum absolute atomic E-state index is 13.2. The van der Waals surface area contributed by atoms with Gasteiger partial charge in [0.25, 0.3) is 0 Å². The number of halogens is 3. The van der Waals surface area contributed by atoms with Crippen LogP contribution in [-0.4, -0.2) is 11.5 Å². The van der Waals surface area contributed by atoms with E-state index >= 15 is 0 Å². The van der Waals surface area contributed by atoms with Crippen LogP contribution in [-0.2, 0) is 6.18 Å². The predicted molar refractivity (Wildman–Crippen MR) is 76.8 cm³/mol. The van der Waals surface area contributed by atoms with E-state index < -0.39 is 11.7 Å². The minimum atomic E-state index is -4.40. The van der Waals surface area contributed by atoms with Crippen molar-refractivity contribution in [3.05, 3.63) is 53.9 Å². The van der Waals surface area contributed by atoms with E-state index in [1.54, 1.807) is 12.1 Å². The Morgan fingerprint density at radius 2 is 1.86 bits per heavy atom. The Hall–Kier alpha value is -1.88. The van der Waals surface area contributed by atoms with Crippen LogP contribution >= 0.6 is 0 Å². The number of aromatic nitrogens is 1. The average molecular weight is 294 g/mol.